The van der Waals surface area contributed by atoms with Crippen LogP contribution in [0.4, 0.5) is 8.78 Å². The van der Waals surface area contributed by atoms with Crippen LogP contribution < -0.4 is 10.6 Å². The lowest BCUT2D eigenvalue weighted by atomic mass is 9.60. The fraction of sp³-hybridized carbons (Fsp3) is 0.273. The van der Waals surface area contributed by atoms with Crippen LogP contribution in [0.25, 0.3) is 0 Å². The highest BCUT2D eigenvalue weighted by molar-refractivity contribution is 6.34. The van der Waals surface area contributed by atoms with Crippen molar-refractivity contribution in [3.05, 3.63) is 69.7 Å². The van der Waals surface area contributed by atoms with Crippen LogP contribution >= 0.6 is 11.6 Å². The number of rotatable bonds is 5. The van der Waals surface area contributed by atoms with E-state index in [2.05, 4.69) is 10.6 Å². The highest BCUT2D eigenvalue weighted by Gasteiger charge is 2.46. The lowest BCUT2D eigenvalue weighted by Gasteiger charge is -2.38. The second kappa shape index (κ2) is 9.15. The Morgan fingerprint density at radius 3 is 2.43 bits per heavy atom. The van der Waals surface area contributed by atoms with Crippen molar-refractivity contribution in [1.29, 1.82) is 0 Å². The second-order valence-electron chi connectivity index (χ2n) is 9.07. The molecule has 2 aromatic rings. The molecule has 2 aromatic carbocycles. The molecule has 2 N–H and O–H groups in total. The summed E-state index contributed by atoms with van der Waals surface area (Å²) in [7, 11) is 5.03. The molecule has 0 spiro atoms. The lowest BCUT2D eigenvalue weighted by Crippen LogP contribution is -2.57. The third-order valence-electron chi connectivity index (χ3n) is 6.85. The summed E-state index contributed by atoms with van der Waals surface area (Å²) in [5.41, 5.74) is 1.06. The molecule has 13 heteroatoms. The first-order valence-corrected chi connectivity index (χ1v) is 11.5. The van der Waals surface area contributed by atoms with E-state index in [1.807, 2.05) is 0 Å². The summed E-state index contributed by atoms with van der Waals surface area (Å²) in [6.07, 6.45) is 0. The van der Waals surface area contributed by atoms with Gasteiger partial charge >= 0.3 is 5.92 Å². The number of piperidine rings is 1. The van der Waals surface area contributed by atoms with Gasteiger partial charge in [0.1, 0.15) is 29.6 Å². The van der Waals surface area contributed by atoms with Gasteiger partial charge in [-0.1, -0.05) is 35.9 Å². The SMILES string of the molecule is BC(NC(=O)C(F)(F)c1ccc(Cl)cc1)c1ccc2c(c1)CN(C1C(=O)NC(=O)C(B)C1B)C2=O. The Labute approximate surface area is 208 Å². The number of hydrogen-bond acceptors (Lipinski definition) is 4. The van der Waals surface area contributed by atoms with Crippen molar-refractivity contribution in [2.24, 2.45) is 0 Å². The van der Waals surface area contributed by atoms with Gasteiger partial charge in [0.15, 0.2) is 0 Å². The van der Waals surface area contributed by atoms with Gasteiger partial charge in [-0.25, -0.2) is 0 Å². The van der Waals surface area contributed by atoms with E-state index in [9.17, 15) is 28.0 Å². The fourth-order valence-corrected chi connectivity index (χ4v) is 4.63. The lowest BCUT2D eigenvalue weighted by molar-refractivity contribution is -0.147. The van der Waals surface area contributed by atoms with Crippen LogP contribution in [0.15, 0.2) is 42.5 Å². The molecular weight excluding hydrogens is 476 g/mol. The van der Waals surface area contributed by atoms with Crippen molar-refractivity contribution in [2.45, 2.75) is 36.1 Å². The molecule has 1 fully saturated rings. The summed E-state index contributed by atoms with van der Waals surface area (Å²) in [4.78, 5) is 51.3. The highest BCUT2D eigenvalue weighted by Crippen LogP contribution is 2.36. The van der Waals surface area contributed by atoms with E-state index in [4.69, 9.17) is 11.6 Å². The first-order valence-electron chi connectivity index (χ1n) is 11.1. The summed E-state index contributed by atoms with van der Waals surface area (Å²) in [6, 6.07) is 8.77. The average Bonchev–Trinajstić information content (AvgIpc) is 3.13. The number of benzene rings is 2. The number of carbonyl (C=O) groups is 4. The number of nitrogens with zero attached hydrogens (tertiary/aromatic N) is 1. The van der Waals surface area contributed by atoms with Gasteiger partial charge in [0.2, 0.25) is 11.8 Å². The van der Waals surface area contributed by atoms with Crippen molar-refractivity contribution in [3.63, 3.8) is 0 Å². The fourth-order valence-electron chi connectivity index (χ4n) is 4.50. The highest BCUT2D eigenvalue weighted by atomic mass is 35.5. The Hall–Kier alpha value is -3.14. The Bertz CT molecular complexity index is 1230. The van der Waals surface area contributed by atoms with Crippen LogP contribution in [0, 0.1) is 0 Å². The molecular formula is C22H21B3ClF2N3O4. The van der Waals surface area contributed by atoms with E-state index in [0.717, 1.165) is 12.1 Å². The standard InChI is InChI=1S/C22H21B3ClF2N3O4/c23-14-15(24)18(32)30-19(33)16(14)31-8-10-7-9(1-6-13(10)20(31)34)17(25)29-21(35)22(27,28)11-2-4-12(26)5-3-11/h1-7,14-17H,8,23-25H2,(H,29,35)(H,30,32,33). The molecule has 4 amide bonds. The van der Waals surface area contributed by atoms with Crippen LogP contribution in [0.2, 0.25) is 16.7 Å². The van der Waals surface area contributed by atoms with Gasteiger partial charge in [-0.2, -0.15) is 8.78 Å². The molecule has 2 aliphatic rings. The zero-order valence-corrected chi connectivity index (χ0v) is 20.0. The van der Waals surface area contributed by atoms with E-state index in [1.54, 1.807) is 41.7 Å². The Balaban J connectivity index is 1.51. The predicted molar refractivity (Wildman–Crippen MR) is 133 cm³/mol. The normalized spacial score (nSPS) is 23.0. The number of imide groups is 1. The maximum Gasteiger partial charge on any atom is 0.349 e. The van der Waals surface area contributed by atoms with E-state index >= 15 is 0 Å². The van der Waals surface area contributed by atoms with Gasteiger partial charge < -0.3 is 10.2 Å². The van der Waals surface area contributed by atoms with Gasteiger partial charge in [0, 0.05) is 34.5 Å². The first-order chi connectivity index (χ1) is 16.4. The van der Waals surface area contributed by atoms with Crippen LogP contribution in [0.5, 0.6) is 0 Å². The molecule has 4 unspecified atom stereocenters. The number of amides is 4. The molecule has 1 saturated heterocycles. The number of halogens is 3. The third-order valence-corrected chi connectivity index (χ3v) is 7.10. The van der Waals surface area contributed by atoms with Crippen LogP contribution in [0.3, 0.4) is 0 Å². The predicted octanol–water partition coefficient (Wildman–Crippen LogP) is -0.296. The molecule has 0 saturated carbocycles. The monoisotopic (exact) mass is 497 g/mol. The van der Waals surface area contributed by atoms with E-state index in [1.165, 1.54) is 17.0 Å². The second-order valence-corrected chi connectivity index (χ2v) is 9.51. The van der Waals surface area contributed by atoms with Crippen molar-refractivity contribution in [2.75, 3.05) is 0 Å². The summed E-state index contributed by atoms with van der Waals surface area (Å²) in [6.45, 7) is 0.132. The zero-order chi connectivity index (χ0) is 25.7. The van der Waals surface area contributed by atoms with Crippen LogP contribution in [-0.2, 0) is 26.9 Å². The van der Waals surface area contributed by atoms with E-state index < -0.39 is 41.1 Å². The Morgan fingerprint density at radius 2 is 1.77 bits per heavy atom. The van der Waals surface area contributed by atoms with E-state index in [0.29, 0.717) is 16.7 Å². The molecule has 35 heavy (non-hydrogen) atoms. The topological polar surface area (TPSA) is 95.6 Å². The number of nitrogens with one attached hydrogen (secondary N) is 2. The summed E-state index contributed by atoms with van der Waals surface area (Å²) >= 11 is 5.74. The summed E-state index contributed by atoms with van der Waals surface area (Å²) < 4.78 is 29.3. The van der Waals surface area contributed by atoms with Gasteiger partial charge in [-0.05, 0) is 35.1 Å². The molecule has 0 bridgehead atoms. The maximum atomic E-state index is 14.6. The first kappa shape index (κ1) is 25.0. The molecule has 0 aromatic heterocycles. The average molecular weight is 497 g/mol. The smallest absolute Gasteiger partial charge is 0.349 e. The third kappa shape index (κ3) is 4.47. The number of hydrogen-bond donors (Lipinski definition) is 2. The summed E-state index contributed by atoms with van der Waals surface area (Å²) in [5, 5.41) is 4.93. The van der Waals surface area contributed by atoms with Crippen molar-refractivity contribution in [1.82, 2.24) is 15.5 Å². The minimum atomic E-state index is -3.76. The molecule has 4 atom stereocenters. The Morgan fingerprint density at radius 1 is 1.11 bits per heavy atom. The molecule has 2 aliphatic heterocycles. The molecule has 0 aliphatic carbocycles. The van der Waals surface area contributed by atoms with Gasteiger partial charge in [0.05, 0.1) is 0 Å². The molecule has 4 rings (SSSR count). The van der Waals surface area contributed by atoms with Crippen molar-refractivity contribution < 1.29 is 28.0 Å². The maximum absolute atomic E-state index is 14.6. The minimum Gasteiger partial charge on any atom is -0.352 e. The minimum absolute atomic E-state index is 0.132. The zero-order valence-electron chi connectivity index (χ0n) is 19.3. The van der Waals surface area contributed by atoms with Gasteiger partial charge in [0.25, 0.3) is 11.8 Å². The molecule has 0 radical (unpaired) electrons. The van der Waals surface area contributed by atoms with Crippen LogP contribution in [0.1, 0.15) is 33.0 Å². The number of alkyl halides is 2. The van der Waals surface area contributed by atoms with E-state index in [-0.39, 0.29) is 29.2 Å². The molecule has 178 valence electrons. The molecule has 7 nitrogen and oxygen atoms in total. The van der Waals surface area contributed by atoms with Gasteiger partial charge in [-0.15, -0.1) is 0 Å². The summed E-state index contributed by atoms with van der Waals surface area (Å²) in [5.74, 6) is -8.05. The van der Waals surface area contributed by atoms with Crippen LogP contribution in [-0.4, -0.2) is 58.1 Å². The number of carbonyl (C=O) groups excluding carboxylic acids is 4. The Kier molecular flexibility index (Phi) is 6.53. The largest absolute Gasteiger partial charge is 0.352 e. The van der Waals surface area contributed by atoms with Crippen molar-refractivity contribution in [3.8, 4) is 0 Å². The van der Waals surface area contributed by atoms with Gasteiger partial charge in [-0.3, -0.25) is 24.5 Å². The van der Waals surface area contributed by atoms with Crippen molar-refractivity contribution >= 4 is 58.8 Å². The number of fused-ring (bicyclic) bond motifs is 1. The quantitative estimate of drug-likeness (QED) is 0.439. The molecule has 2 heterocycles.